The Balaban J connectivity index is 2.73. The summed E-state index contributed by atoms with van der Waals surface area (Å²) in [5, 5.41) is 72.5. The van der Waals surface area contributed by atoms with Crippen LogP contribution in [0.4, 0.5) is 0 Å². The molecule has 13 nitrogen and oxygen atoms in total. The number of phosphoric ester groups is 1. The molecule has 1 saturated carbocycles. The maximum atomic E-state index is 13.2. The van der Waals surface area contributed by atoms with E-state index in [1.807, 2.05) is 0 Å². The lowest BCUT2D eigenvalue weighted by molar-refractivity contribution is -0.289. The van der Waals surface area contributed by atoms with Crippen molar-refractivity contribution in [1.29, 1.82) is 0 Å². The van der Waals surface area contributed by atoms with E-state index in [1.54, 1.807) is 0 Å². The van der Waals surface area contributed by atoms with Crippen LogP contribution in [-0.4, -0.2) is 105 Å². The highest BCUT2D eigenvalue weighted by Crippen LogP contribution is 2.49. The summed E-state index contributed by atoms with van der Waals surface area (Å²) < 4.78 is 15.9. The number of aliphatic hydroxyl groups is 7. The minimum Gasteiger partial charge on any atom is -0.393 e. The van der Waals surface area contributed by atoms with Gasteiger partial charge in [0, 0.05) is 6.42 Å². The van der Waals surface area contributed by atoms with Crippen molar-refractivity contribution >= 4 is 19.4 Å². The molecule has 0 aliphatic heterocycles. The number of ketones is 2. The van der Waals surface area contributed by atoms with E-state index in [1.165, 1.54) is 51.4 Å². The smallest absolute Gasteiger partial charge is 0.393 e. The van der Waals surface area contributed by atoms with E-state index in [2.05, 4.69) is 11.4 Å². The number of Topliss-reactive ketones (excluding diaryl/α,β-unsaturated/α-hetero) is 2. The third-order valence-corrected chi connectivity index (χ3v) is 8.44. The molecule has 9 N–H and O–H groups in total. The summed E-state index contributed by atoms with van der Waals surface area (Å²) in [6.07, 6.45) is 1.89. The topological polar surface area (TPSA) is 243 Å². The van der Waals surface area contributed by atoms with Crippen molar-refractivity contribution in [3.05, 3.63) is 0 Å². The highest BCUT2D eigenvalue weighted by Gasteiger charge is 2.74. The highest BCUT2D eigenvalue weighted by molar-refractivity contribution is 7.46. The highest BCUT2D eigenvalue weighted by atomic mass is 31.2. The average molecular weight is 615 g/mol. The number of hydrogen-bond donors (Lipinski definition) is 9. The molecule has 0 spiro atoms. The van der Waals surface area contributed by atoms with Crippen molar-refractivity contribution in [3.63, 3.8) is 0 Å². The fraction of sp³-hybridized carbons (Fsp3) is 0.926. The number of rotatable bonds is 22. The fourth-order valence-electron chi connectivity index (χ4n) is 5.48. The zero-order valence-corrected chi connectivity index (χ0v) is 24.9. The van der Waals surface area contributed by atoms with Crippen LogP contribution in [0.5, 0.6) is 0 Å². The van der Waals surface area contributed by atoms with Gasteiger partial charge in [-0.15, -0.1) is 0 Å². The number of carbonyl (C=O) groups is 2. The number of hydrogen-bond acceptors (Lipinski definition) is 11. The molecule has 242 valence electrons. The van der Waals surface area contributed by atoms with Gasteiger partial charge in [0.2, 0.25) is 5.78 Å². The fourth-order valence-corrected chi connectivity index (χ4v) is 6.05. The molecule has 41 heavy (non-hydrogen) atoms. The second-order valence-electron chi connectivity index (χ2n) is 11.2. The average Bonchev–Trinajstić information content (AvgIpc) is 2.93. The van der Waals surface area contributed by atoms with E-state index in [-0.39, 0.29) is 6.42 Å². The van der Waals surface area contributed by atoms with Crippen molar-refractivity contribution < 1.29 is 64.2 Å². The quantitative estimate of drug-likeness (QED) is 0.0605. The minimum absolute atomic E-state index is 0.114. The summed E-state index contributed by atoms with van der Waals surface area (Å²) in [5.41, 5.74) is -7.49. The van der Waals surface area contributed by atoms with Gasteiger partial charge < -0.3 is 45.5 Å². The van der Waals surface area contributed by atoms with Crippen LogP contribution >= 0.6 is 7.82 Å². The van der Waals surface area contributed by atoms with E-state index in [9.17, 15) is 54.6 Å². The lowest BCUT2D eigenvalue weighted by Gasteiger charge is -2.54. The summed E-state index contributed by atoms with van der Waals surface area (Å²) >= 11 is 0. The molecular weight excluding hydrogens is 563 g/mol. The van der Waals surface area contributed by atoms with E-state index < -0.39 is 74.1 Å². The number of carbonyl (C=O) groups excluding carboxylic acids is 2. The van der Waals surface area contributed by atoms with Crippen molar-refractivity contribution in [2.45, 2.75) is 151 Å². The lowest BCUT2D eigenvalue weighted by atomic mass is 9.61. The molecule has 0 amide bonds. The standard InChI is InChI=1S/C27H51O13P/c1-2-3-4-5-6-7-8-9-10-11-12-13-14-15-16-17-20(30)26(35)25(40-41(37,38)39)22(32)21(31)24(34)27(26,36)23(33)19(29)18-28/h19,21-22,24-25,28-29,31-32,34-36H,2-18H2,1H3,(H2,37,38,39). The predicted octanol–water partition coefficient (Wildman–Crippen LogP) is 0.776. The molecule has 0 aromatic heterocycles. The number of unbranched alkanes of at least 4 members (excludes halogenated alkanes) is 14. The van der Waals surface area contributed by atoms with Crippen molar-refractivity contribution in [2.24, 2.45) is 0 Å². The van der Waals surface area contributed by atoms with Crippen molar-refractivity contribution in [1.82, 2.24) is 0 Å². The Morgan fingerprint density at radius 2 is 1.17 bits per heavy atom. The Morgan fingerprint density at radius 1 is 0.756 bits per heavy atom. The molecule has 0 aromatic carbocycles. The van der Waals surface area contributed by atoms with Crippen LogP contribution in [0, 0.1) is 0 Å². The molecule has 7 atom stereocenters. The molecule has 0 aromatic rings. The van der Waals surface area contributed by atoms with Crippen molar-refractivity contribution in [3.8, 4) is 0 Å². The van der Waals surface area contributed by atoms with Gasteiger partial charge in [0.15, 0.2) is 17.0 Å². The van der Waals surface area contributed by atoms with Crippen LogP contribution in [0.2, 0.25) is 0 Å². The van der Waals surface area contributed by atoms with Gasteiger partial charge in [0.25, 0.3) is 0 Å². The third-order valence-electron chi connectivity index (χ3n) is 7.94. The normalized spacial score (nSPS) is 29.4. The molecule has 1 rings (SSSR count). The van der Waals surface area contributed by atoms with Gasteiger partial charge in [-0.05, 0) is 6.42 Å². The Bertz CT molecular complexity index is 836. The van der Waals surface area contributed by atoms with E-state index in [0.29, 0.717) is 6.42 Å². The molecule has 7 unspecified atom stereocenters. The Hall–Kier alpha value is -0.830. The molecule has 0 bridgehead atoms. The first-order chi connectivity index (χ1) is 19.2. The summed E-state index contributed by atoms with van der Waals surface area (Å²) in [7, 11) is -5.62. The first-order valence-corrected chi connectivity index (χ1v) is 16.3. The molecule has 1 aliphatic carbocycles. The molecule has 0 saturated heterocycles. The second kappa shape index (κ2) is 18.1. The molecule has 1 aliphatic rings. The zero-order chi connectivity index (χ0) is 31.3. The number of phosphoric acid groups is 1. The molecular formula is C27H51O13P. The van der Waals surface area contributed by atoms with Gasteiger partial charge in [-0.2, -0.15) is 0 Å². The second-order valence-corrected chi connectivity index (χ2v) is 12.4. The SMILES string of the molecule is CCCCCCCCCCCCCCCCCC(=O)C1(O)C(OP(=O)(O)O)C(O)C(O)C(O)C1(O)C(=O)C(O)CO. The van der Waals surface area contributed by atoms with Crippen LogP contribution in [0.15, 0.2) is 0 Å². The van der Waals surface area contributed by atoms with Crippen molar-refractivity contribution in [2.75, 3.05) is 6.61 Å². The summed E-state index contributed by atoms with van der Waals surface area (Å²) in [6, 6.07) is 0. The molecule has 1 fully saturated rings. The molecule has 0 heterocycles. The van der Waals surface area contributed by atoms with Crippen LogP contribution in [-0.2, 0) is 18.7 Å². The maximum absolute atomic E-state index is 13.2. The van der Waals surface area contributed by atoms with Crippen LogP contribution in [0.1, 0.15) is 110 Å². The third kappa shape index (κ3) is 10.4. The van der Waals surface area contributed by atoms with Crippen LogP contribution in [0.25, 0.3) is 0 Å². The van der Waals surface area contributed by atoms with Gasteiger partial charge in [0.1, 0.15) is 30.5 Å². The van der Waals surface area contributed by atoms with E-state index in [4.69, 9.17) is 5.11 Å². The maximum Gasteiger partial charge on any atom is 0.470 e. The zero-order valence-electron chi connectivity index (χ0n) is 24.0. The van der Waals surface area contributed by atoms with Gasteiger partial charge in [-0.1, -0.05) is 96.8 Å². The Morgan fingerprint density at radius 3 is 1.56 bits per heavy atom. The predicted molar refractivity (Wildman–Crippen MR) is 147 cm³/mol. The van der Waals surface area contributed by atoms with Gasteiger partial charge >= 0.3 is 7.82 Å². The first-order valence-electron chi connectivity index (χ1n) is 14.8. The molecule has 14 heteroatoms. The van der Waals surface area contributed by atoms with Crippen LogP contribution in [0.3, 0.4) is 0 Å². The Kier molecular flexibility index (Phi) is 16.9. The number of aliphatic hydroxyl groups excluding tert-OH is 5. The summed E-state index contributed by atoms with van der Waals surface area (Å²) in [5.74, 6) is -3.33. The summed E-state index contributed by atoms with van der Waals surface area (Å²) in [4.78, 5) is 44.6. The monoisotopic (exact) mass is 614 g/mol. The minimum atomic E-state index is -5.62. The van der Waals surface area contributed by atoms with Crippen LogP contribution < -0.4 is 0 Å². The van der Waals surface area contributed by atoms with E-state index >= 15 is 0 Å². The summed E-state index contributed by atoms with van der Waals surface area (Å²) in [6.45, 7) is 0.881. The molecule has 0 radical (unpaired) electrons. The lowest BCUT2D eigenvalue weighted by Crippen LogP contribution is -2.83. The van der Waals surface area contributed by atoms with Gasteiger partial charge in [-0.25, -0.2) is 4.57 Å². The van der Waals surface area contributed by atoms with Gasteiger partial charge in [-0.3, -0.25) is 14.1 Å². The first kappa shape index (κ1) is 38.2. The van der Waals surface area contributed by atoms with Gasteiger partial charge in [0.05, 0.1) is 6.61 Å². The largest absolute Gasteiger partial charge is 0.470 e. The Labute approximate surface area is 241 Å². The van der Waals surface area contributed by atoms with E-state index in [0.717, 1.165) is 32.1 Å².